The lowest BCUT2D eigenvalue weighted by molar-refractivity contribution is 0.318. The molecule has 1 aromatic rings. The van der Waals surface area contributed by atoms with E-state index in [1.165, 1.54) is 6.42 Å². The fourth-order valence-corrected chi connectivity index (χ4v) is 2.03. The van der Waals surface area contributed by atoms with Crippen molar-refractivity contribution in [1.82, 2.24) is 5.43 Å². The van der Waals surface area contributed by atoms with Crippen molar-refractivity contribution in [2.45, 2.75) is 32.6 Å². The molecule has 1 heterocycles. The van der Waals surface area contributed by atoms with Crippen LogP contribution in [-0.4, -0.2) is 30.3 Å². The molecule has 0 saturated heterocycles. The first-order valence-electron chi connectivity index (χ1n) is 7.08. The largest absolute Gasteiger partial charge is 0.504 e. The first kappa shape index (κ1) is 17.3. The average Bonchev–Trinajstić information content (AvgIpc) is 2.71. The molecule has 21 heavy (non-hydrogen) atoms. The van der Waals surface area contributed by atoms with Crippen LogP contribution in [0.3, 0.4) is 0 Å². The average molecular weight is 312 g/mol. The summed E-state index contributed by atoms with van der Waals surface area (Å²) >= 11 is 0. The number of hydrazone groups is 1. The molecule has 1 aromatic carbocycles. The Balaban J connectivity index is 0.00000220. The number of amidine groups is 1. The Labute approximate surface area is 131 Å². The van der Waals surface area contributed by atoms with Gasteiger partial charge in [-0.2, -0.15) is 5.10 Å². The molecule has 0 radical (unpaired) electrons. The summed E-state index contributed by atoms with van der Waals surface area (Å²) in [6.07, 6.45) is 6.21. The Hall–Kier alpha value is -1.75. The summed E-state index contributed by atoms with van der Waals surface area (Å²) in [4.78, 5) is 4.44. The number of halogens is 1. The standard InChI is InChI=1S/C15H21N3O2.ClH/c1-2-20-14-10-12(7-8-13(14)19)11-17-18-15-6-4-3-5-9-16-15;/h7-8,10-11,19H,2-6,9H2,1H3,(H,16,18);1H/b17-11+;. The molecule has 0 bridgehead atoms. The number of phenols is 1. The van der Waals surface area contributed by atoms with Crippen LogP contribution in [0, 0.1) is 0 Å². The zero-order valence-electron chi connectivity index (χ0n) is 12.2. The van der Waals surface area contributed by atoms with Crippen LogP contribution in [0.15, 0.2) is 28.3 Å². The molecule has 0 unspecified atom stereocenters. The molecule has 0 aliphatic carbocycles. The molecule has 2 N–H and O–H groups in total. The summed E-state index contributed by atoms with van der Waals surface area (Å²) in [5, 5.41) is 13.8. The lowest BCUT2D eigenvalue weighted by atomic mass is 10.2. The third-order valence-electron chi connectivity index (χ3n) is 3.07. The lowest BCUT2D eigenvalue weighted by Gasteiger charge is -2.06. The van der Waals surface area contributed by atoms with Gasteiger partial charge < -0.3 is 9.84 Å². The van der Waals surface area contributed by atoms with Crippen molar-refractivity contribution >= 4 is 24.5 Å². The Morgan fingerprint density at radius 1 is 1.38 bits per heavy atom. The highest BCUT2D eigenvalue weighted by Gasteiger charge is 2.03. The van der Waals surface area contributed by atoms with E-state index in [0.29, 0.717) is 12.4 Å². The third-order valence-corrected chi connectivity index (χ3v) is 3.07. The highest BCUT2D eigenvalue weighted by Crippen LogP contribution is 2.26. The van der Waals surface area contributed by atoms with E-state index in [2.05, 4.69) is 15.5 Å². The molecule has 5 nitrogen and oxygen atoms in total. The van der Waals surface area contributed by atoms with Gasteiger partial charge in [0.2, 0.25) is 0 Å². The second kappa shape index (κ2) is 9.23. The van der Waals surface area contributed by atoms with Crippen LogP contribution in [0.25, 0.3) is 0 Å². The molecule has 0 aromatic heterocycles. The summed E-state index contributed by atoms with van der Waals surface area (Å²) in [6.45, 7) is 3.28. The zero-order chi connectivity index (χ0) is 14.2. The van der Waals surface area contributed by atoms with Crippen molar-refractivity contribution in [3.05, 3.63) is 23.8 Å². The van der Waals surface area contributed by atoms with E-state index in [1.54, 1.807) is 24.4 Å². The van der Waals surface area contributed by atoms with Crippen LogP contribution < -0.4 is 10.2 Å². The number of benzene rings is 1. The number of rotatable bonds is 4. The first-order chi connectivity index (χ1) is 9.79. The molecule has 6 heteroatoms. The first-order valence-corrected chi connectivity index (χ1v) is 7.08. The molecule has 0 saturated carbocycles. The molecular weight excluding hydrogens is 290 g/mol. The lowest BCUT2D eigenvalue weighted by Crippen LogP contribution is -2.17. The van der Waals surface area contributed by atoms with Gasteiger partial charge in [-0.1, -0.05) is 6.42 Å². The maximum atomic E-state index is 9.62. The van der Waals surface area contributed by atoms with Gasteiger partial charge in [-0.05, 0) is 43.5 Å². The van der Waals surface area contributed by atoms with Crippen LogP contribution in [0.1, 0.15) is 38.2 Å². The van der Waals surface area contributed by atoms with Gasteiger partial charge in [-0.3, -0.25) is 10.4 Å². The molecule has 0 spiro atoms. The monoisotopic (exact) mass is 311 g/mol. The van der Waals surface area contributed by atoms with E-state index in [9.17, 15) is 5.11 Å². The summed E-state index contributed by atoms with van der Waals surface area (Å²) in [5.74, 6) is 1.57. The number of hydrogen-bond donors (Lipinski definition) is 2. The van der Waals surface area contributed by atoms with Crippen molar-refractivity contribution in [2.24, 2.45) is 10.1 Å². The van der Waals surface area contributed by atoms with E-state index in [0.717, 1.165) is 37.2 Å². The normalized spacial score (nSPS) is 15.0. The second-order valence-electron chi connectivity index (χ2n) is 4.67. The van der Waals surface area contributed by atoms with Crippen LogP contribution in [0.4, 0.5) is 0 Å². The minimum atomic E-state index is 0. The number of ether oxygens (including phenoxy) is 1. The number of aliphatic imine (C=N–C) groups is 1. The predicted octanol–water partition coefficient (Wildman–Crippen LogP) is 3.11. The zero-order valence-corrected chi connectivity index (χ0v) is 13.0. The Kier molecular flexibility index (Phi) is 7.61. The van der Waals surface area contributed by atoms with Crippen molar-refractivity contribution in [3.8, 4) is 11.5 Å². The van der Waals surface area contributed by atoms with Crippen LogP contribution in [0.2, 0.25) is 0 Å². The smallest absolute Gasteiger partial charge is 0.161 e. The van der Waals surface area contributed by atoms with Gasteiger partial charge in [-0.25, -0.2) is 0 Å². The van der Waals surface area contributed by atoms with E-state index in [4.69, 9.17) is 4.74 Å². The van der Waals surface area contributed by atoms with E-state index in [1.807, 2.05) is 6.92 Å². The van der Waals surface area contributed by atoms with Gasteiger partial charge in [0.1, 0.15) is 5.84 Å². The van der Waals surface area contributed by atoms with Crippen molar-refractivity contribution < 1.29 is 9.84 Å². The molecule has 1 aliphatic heterocycles. The molecule has 116 valence electrons. The van der Waals surface area contributed by atoms with E-state index >= 15 is 0 Å². The fourth-order valence-electron chi connectivity index (χ4n) is 2.03. The quantitative estimate of drug-likeness (QED) is 0.663. The fraction of sp³-hybridized carbons (Fsp3) is 0.467. The molecule has 1 aliphatic rings. The van der Waals surface area contributed by atoms with Gasteiger partial charge in [0.15, 0.2) is 11.5 Å². The van der Waals surface area contributed by atoms with Gasteiger partial charge in [-0.15, -0.1) is 12.4 Å². The van der Waals surface area contributed by atoms with Gasteiger partial charge in [0.05, 0.1) is 12.8 Å². The number of nitrogens with one attached hydrogen (secondary N) is 1. The van der Waals surface area contributed by atoms with Crippen molar-refractivity contribution in [2.75, 3.05) is 13.2 Å². The number of phenolic OH excluding ortho intramolecular Hbond substituents is 1. The second-order valence-corrected chi connectivity index (χ2v) is 4.67. The topological polar surface area (TPSA) is 66.2 Å². The molecule has 0 fully saturated rings. The van der Waals surface area contributed by atoms with Gasteiger partial charge in [0.25, 0.3) is 0 Å². The Bertz CT molecular complexity index is 504. The Morgan fingerprint density at radius 2 is 2.24 bits per heavy atom. The summed E-state index contributed by atoms with van der Waals surface area (Å²) in [5.41, 5.74) is 3.86. The van der Waals surface area contributed by atoms with Crippen LogP contribution in [0.5, 0.6) is 11.5 Å². The molecule has 2 rings (SSSR count). The van der Waals surface area contributed by atoms with Gasteiger partial charge in [0, 0.05) is 13.0 Å². The minimum Gasteiger partial charge on any atom is -0.504 e. The van der Waals surface area contributed by atoms with E-state index in [-0.39, 0.29) is 18.2 Å². The minimum absolute atomic E-state index is 0. The highest BCUT2D eigenvalue weighted by molar-refractivity contribution is 5.86. The van der Waals surface area contributed by atoms with Gasteiger partial charge >= 0.3 is 0 Å². The SMILES string of the molecule is CCOc1cc(/C=N/NC2=NCCCCC2)ccc1O.Cl. The summed E-state index contributed by atoms with van der Waals surface area (Å²) in [6, 6.07) is 5.16. The van der Waals surface area contributed by atoms with Crippen molar-refractivity contribution in [1.29, 1.82) is 0 Å². The number of hydrogen-bond acceptors (Lipinski definition) is 5. The highest BCUT2D eigenvalue weighted by atomic mass is 35.5. The van der Waals surface area contributed by atoms with E-state index < -0.39 is 0 Å². The van der Waals surface area contributed by atoms with Crippen LogP contribution in [-0.2, 0) is 0 Å². The third kappa shape index (κ3) is 5.63. The van der Waals surface area contributed by atoms with Crippen LogP contribution >= 0.6 is 12.4 Å². The maximum absolute atomic E-state index is 9.62. The Morgan fingerprint density at radius 3 is 3.05 bits per heavy atom. The summed E-state index contributed by atoms with van der Waals surface area (Å²) in [7, 11) is 0. The molecular formula is C15H22ClN3O2. The molecule has 0 amide bonds. The maximum Gasteiger partial charge on any atom is 0.161 e. The predicted molar refractivity (Wildman–Crippen MR) is 88.0 cm³/mol. The number of nitrogens with zero attached hydrogens (tertiary/aromatic N) is 2. The van der Waals surface area contributed by atoms with Crippen molar-refractivity contribution in [3.63, 3.8) is 0 Å². The summed E-state index contributed by atoms with van der Waals surface area (Å²) < 4.78 is 5.33. The number of aromatic hydroxyl groups is 1. The molecule has 0 atom stereocenters.